The van der Waals surface area contributed by atoms with Gasteiger partial charge >= 0.3 is 0 Å². The fraction of sp³-hybridized carbons (Fsp3) is 0.550. The number of carbonyl (C=O) groups excluding carboxylic acids is 1. The molecule has 0 saturated heterocycles. The van der Waals surface area contributed by atoms with Crippen molar-refractivity contribution in [3.05, 3.63) is 36.1 Å². The normalized spacial score (nSPS) is 10.3. The number of methoxy groups -OCH3 is 1. The molecule has 25 heavy (non-hydrogen) atoms. The molecule has 5 heteroatoms. The van der Waals surface area contributed by atoms with E-state index in [0.717, 1.165) is 30.6 Å². The van der Waals surface area contributed by atoms with E-state index in [1.165, 1.54) is 12.8 Å². The molecule has 0 bridgehead atoms. The lowest BCUT2D eigenvalue weighted by Gasteiger charge is -2.05. The molecular formula is C20H33F2NO2. The molecule has 0 heterocycles. The molecule has 0 spiro atoms. The summed E-state index contributed by atoms with van der Waals surface area (Å²) in [5.74, 6) is 3.01. The SMILES string of the molecule is C#CC.C=CC/C(=C\C(=O)NC/C=C(\C)OC)CCCCC.FCF. The summed E-state index contributed by atoms with van der Waals surface area (Å²) in [6, 6.07) is 0. The van der Waals surface area contributed by atoms with Crippen LogP contribution in [0.2, 0.25) is 0 Å². The Morgan fingerprint density at radius 1 is 1.36 bits per heavy atom. The number of terminal acetylenes is 1. The van der Waals surface area contributed by atoms with E-state index in [1.807, 2.05) is 19.1 Å². The number of alkyl halides is 2. The minimum Gasteiger partial charge on any atom is -0.502 e. The summed E-state index contributed by atoms with van der Waals surface area (Å²) in [5.41, 5.74) is 1.15. The number of carbonyl (C=O) groups is 1. The van der Waals surface area contributed by atoms with E-state index in [0.29, 0.717) is 6.54 Å². The highest BCUT2D eigenvalue weighted by Crippen LogP contribution is 2.12. The molecular weight excluding hydrogens is 324 g/mol. The van der Waals surface area contributed by atoms with Crippen molar-refractivity contribution in [1.29, 1.82) is 0 Å². The third-order valence-electron chi connectivity index (χ3n) is 2.83. The van der Waals surface area contributed by atoms with Crippen LogP contribution in [0.25, 0.3) is 0 Å². The van der Waals surface area contributed by atoms with Gasteiger partial charge in [-0.2, -0.15) is 0 Å². The summed E-state index contributed by atoms with van der Waals surface area (Å²) >= 11 is 0. The Hall–Kier alpha value is -2.09. The fourth-order valence-electron chi connectivity index (χ4n) is 1.64. The van der Waals surface area contributed by atoms with Gasteiger partial charge in [0, 0.05) is 12.6 Å². The number of unbranched alkanes of at least 4 members (excludes halogenated alkanes) is 2. The van der Waals surface area contributed by atoms with Gasteiger partial charge in [0.05, 0.1) is 12.9 Å². The van der Waals surface area contributed by atoms with Gasteiger partial charge in [-0.05, 0) is 39.2 Å². The lowest BCUT2D eigenvalue weighted by atomic mass is 10.0. The predicted molar refractivity (Wildman–Crippen MR) is 102 cm³/mol. The molecule has 0 aliphatic rings. The van der Waals surface area contributed by atoms with Gasteiger partial charge in [0.25, 0.3) is 0 Å². The molecule has 0 fully saturated rings. The largest absolute Gasteiger partial charge is 0.502 e. The second-order valence-electron chi connectivity index (χ2n) is 4.91. The molecule has 0 aromatic rings. The van der Waals surface area contributed by atoms with Gasteiger partial charge in [-0.25, -0.2) is 8.78 Å². The van der Waals surface area contributed by atoms with E-state index in [9.17, 15) is 13.6 Å². The minimum absolute atomic E-state index is 0.0477. The third kappa shape index (κ3) is 27.1. The Bertz CT molecular complexity index is 424. The molecule has 0 aromatic carbocycles. The predicted octanol–water partition coefficient (Wildman–Crippen LogP) is 5.26. The Balaban J connectivity index is -0.000000700. The first kappa shape index (κ1) is 27.7. The maximum atomic E-state index is 11.7. The molecule has 3 nitrogen and oxygen atoms in total. The molecule has 0 aromatic heterocycles. The summed E-state index contributed by atoms with van der Waals surface area (Å²) in [6.07, 6.45) is 15.3. The second kappa shape index (κ2) is 24.2. The van der Waals surface area contributed by atoms with E-state index in [4.69, 9.17) is 4.74 Å². The van der Waals surface area contributed by atoms with Crippen LogP contribution in [-0.2, 0) is 9.53 Å². The molecule has 0 radical (unpaired) electrons. The zero-order chi connectivity index (χ0) is 19.9. The van der Waals surface area contributed by atoms with Gasteiger partial charge in [-0.1, -0.05) is 31.4 Å². The molecule has 1 N–H and O–H groups in total. The molecule has 144 valence electrons. The van der Waals surface area contributed by atoms with Gasteiger partial charge in [-0.15, -0.1) is 18.9 Å². The van der Waals surface area contributed by atoms with Crippen molar-refractivity contribution in [3.8, 4) is 12.3 Å². The zero-order valence-corrected chi connectivity index (χ0v) is 16.0. The first-order valence-corrected chi connectivity index (χ1v) is 8.25. The van der Waals surface area contributed by atoms with Crippen LogP contribution in [0.3, 0.4) is 0 Å². The minimum atomic E-state index is -1.75. The van der Waals surface area contributed by atoms with Crippen LogP contribution in [0, 0.1) is 12.3 Å². The molecule has 0 saturated carbocycles. The Kier molecular flexibility index (Phi) is 26.8. The average molecular weight is 357 g/mol. The van der Waals surface area contributed by atoms with Crippen LogP contribution in [0.4, 0.5) is 8.78 Å². The molecule has 1 amide bonds. The topological polar surface area (TPSA) is 38.3 Å². The van der Waals surface area contributed by atoms with E-state index >= 15 is 0 Å². The van der Waals surface area contributed by atoms with Crippen LogP contribution >= 0.6 is 0 Å². The molecule has 0 unspecified atom stereocenters. The second-order valence-corrected chi connectivity index (χ2v) is 4.91. The summed E-state index contributed by atoms with van der Waals surface area (Å²) in [5, 5.41) is 2.82. The third-order valence-corrected chi connectivity index (χ3v) is 2.83. The number of allylic oxidation sites excluding steroid dienone is 3. The Morgan fingerprint density at radius 3 is 2.36 bits per heavy atom. The lowest BCUT2D eigenvalue weighted by Crippen LogP contribution is -2.21. The van der Waals surface area contributed by atoms with Crippen LogP contribution in [0.5, 0.6) is 0 Å². The summed E-state index contributed by atoms with van der Waals surface area (Å²) in [6.45, 7) is 8.16. The number of rotatable bonds is 10. The van der Waals surface area contributed by atoms with Crippen LogP contribution in [0.1, 0.15) is 52.9 Å². The van der Waals surface area contributed by atoms with Crippen molar-refractivity contribution in [2.45, 2.75) is 52.9 Å². The first-order chi connectivity index (χ1) is 12.0. The van der Waals surface area contributed by atoms with Gasteiger partial charge in [0.15, 0.2) is 0 Å². The van der Waals surface area contributed by atoms with Gasteiger partial charge in [0.1, 0.15) is 0 Å². The summed E-state index contributed by atoms with van der Waals surface area (Å²) < 4.78 is 24.2. The van der Waals surface area contributed by atoms with Crippen molar-refractivity contribution < 1.29 is 18.3 Å². The molecule has 0 aliphatic heterocycles. The fourth-order valence-corrected chi connectivity index (χ4v) is 1.64. The van der Waals surface area contributed by atoms with Crippen molar-refractivity contribution in [2.24, 2.45) is 0 Å². The number of amides is 1. The lowest BCUT2D eigenvalue weighted by molar-refractivity contribution is -0.116. The quantitative estimate of drug-likeness (QED) is 0.190. The maximum Gasteiger partial charge on any atom is 0.244 e. The van der Waals surface area contributed by atoms with Gasteiger partial charge < -0.3 is 10.1 Å². The smallest absolute Gasteiger partial charge is 0.244 e. The zero-order valence-electron chi connectivity index (χ0n) is 16.0. The van der Waals surface area contributed by atoms with E-state index in [2.05, 4.69) is 31.2 Å². The summed E-state index contributed by atoms with van der Waals surface area (Å²) in [4.78, 5) is 11.7. The van der Waals surface area contributed by atoms with Crippen molar-refractivity contribution >= 4 is 5.91 Å². The molecule has 0 atom stereocenters. The van der Waals surface area contributed by atoms with Crippen molar-refractivity contribution in [3.63, 3.8) is 0 Å². The highest BCUT2D eigenvalue weighted by Gasteiger charge is 2.00. The van der Waals surface area contributed by atoms with E-state index in [1.54, 1.807) is 20.1 Å². The summed E-state index contributed by atoms with van der Waals surface area (Å²) in [7, 11) is 1.61. The van der Waals surface area contributed by atoms with Crippen LogP contribution in [-0.4, -0.2) is 26.5 Å². The first-order valence-electron chi connectivity index (χ1n) is 8.25. The highest BCUT2D eigenvalue weighted by molar-refractivity contribution is 5.88. The number of halogens is 2. The molecule has 0 aliphatic carbocycles. The highest BCUT2D eigenvalue weighted by atomic mass is 19.3. The number of ether oxygens (including phenoxy) is 1. The van der Waals surface area contributed by atoms with Crippen LogP contribution in [0.15, 0.2) is 36.1 Å². The standard InChI is InChI=1S/C16H27NO2.C3H4.CH2F2/c1-5-7-8-10-15(9-6-2)13-16(18)17-12-11-14(3)19-4;1-3-2;2-1-3/h6,11,13H,2,5,7-10,12H2,1,3-4H3,(H,17,18);1H,2H3;1H2/b14-11+,15-13+;;. The monoisotopic (exact) mass is 357 g/mol. The Labute approximate surface area is 152 Å². The van der Waals surface area contributed by atoms with Crippen molar-refractivity contribution in [2.75, 3.05) is 20.6 Å². The number of hydrogen-bond acceptors (Lipinski definition) is 2. The van der Waals surface area contributed by atoms with Crippen LogP contribution < -0.4 is 5.32 Å². The maximum absolute atomic E-state index is 11.7. The van der Waals surface area contributed by atoms with E-state index in [-0.39, 0.29) is 5.91 Å². The van der Waals surface area contributed by atoms with Crippen molar-refractivity contribution in [1.82, 2.24) is 5.32 Å². The van der Waals surface area contributed by atoms with Gasteiger partial charge in [0.2, 0.25) is 12.8 Å². The molecule has 0 rings (SSSR count). The average Bonchev–Trinajstić information content (AvgIpc) is 2.56. The number of hydrogen-bond donors (Lipinski definition) is 1. The number of nitrogens with one attached hydrogen (secondary N) is 1. The van der Waals surface area contributed by atoms with Gasteiger partial charge in [-0.3, -0.25) is 4.79 Å². The van der Waals surface area contributed by atoms with E-state index < -0.39 is 6.93 Å². The Morgan fingerprint density at radius 2 is 1.92 bits per heavy atom.